The predicted molar refractivity (Wildman–Crippen MR) is 82.9 cm³/mol. The van der Waals surface area contributed by atoms with Gasteiger partial charge in [-0.1, -0.05) is 18.2 Å². The molecule has 2 rings (SSSR count). The van der Waals surface area contributed by atoms with Crippen molar-refractivity contribution in [2.75, 3.05) is 33.2 Å². The Hall–Kier alpha value is -1.15. The van der Waals surface area contributed by atoms with Crippen LogP contribution in [-0.2, 0) is 14.8 Å². The molecule has 0 atom stereocenters. The molecule has 0 bridgehead atoms. The van der Waals surface area contributed by atoms with E-state index in [1.165, 1.54) is 19.2 Å². The number of nitrogens with one attached hydrogen (secondary N) is 2. The minimum atomic E-state index is -3.60. The first kappa shape index (κ1) is 17.9. The molecule has 118 valence electrons. The minimum Gasteiger partial charge on any atom is -0.355 e. The van der Waals surface area contributed by atoms with E-state index in [2.05, 4.69) is 10.6 Å². The third kappa shape index (κ3) is 4.67. The molecule has 1 heterocycles. The molecule has 0 unspecified atom stereocenters. The fourth-order valence-corrected chi connectivity index (χ4v) is 3.01. The first-order valence-electron chi connectivity index (χ1n) is 6.49. The van der Waals surface area contributed by atoms with Gasteiger partial charge in [0.05, 0.1) is 11.4 Å². The summed E-state index contributed by atoms with van der Waals surface area (Å²) in [5, 5.41) is 5.87. The van der Waals surface area contributed by atoms with Gasteiger partial charge in [0.2, 0.25) is 15.9 Å². The normalized spacial score (nSPS) is 15.1. The lowest BCUT2D eigenvalue weighted by Crippen LogP contribution is -2.49. The number of likely N-dealkylation sites (N-methyl/N-ethyl adjacent to an activating group) is 1. The average Bonchev–Trinajstić information content (AvgIpc) is 2.37. The van der Waals surface area contributed by atoms with Gasteiger partial charge < -0.3 is 10.6 Å². The van der Waals surface area contributed by atoms with E-state index in [0.29, 0.717) is 12.5 Å². The Morgan fingerprint density at radius 3 is 2.48 bits per heavy atom. The van der Waals surface area contributed by atoms with E-state index in [-0.39, 0.29) is 29.8 Å². The number of benzene rings is 1. The largest absolute Gasteiger partial charge is 0.355 e. The summed E-state index contributed by atoms with van der Waals surface area (Å²) in [4.78, 5) is 11.9. The van der Waals surface area contributed by atoms with Crippen molar-refractivity contribution in [3.05, 3.63) is 30.3 Å². The second kappa shape index (κ2) is 7.74. The molecule has 1 aliphatic heterocycles. The Labute approximate surface area is 131 Å². The quantitative estimate of drug-likeness (QED) is 0.772. The molecular weight excluding hydrogens is 314 g/mol. The van der Waals surface area contributed by atoms with Crippen LogP contribution in [0.4, 0.5) is 0 Å². The lowest BCUT2D eigenvalue weighted by molar-refractivity contribution is -0.121. The second-order valence-corrected chi connectivity index (χ2v) is 6.95. The Kier molecular flexibility index (Phi) is 6.60. The van der Waals surface area contributed by atoms with E-state index in [1.54, 1.807) is 18.2 Å². The highest BCUT2D eigenvalue weighted by Gasteiger charge is 2.23. The van der Waals surface area contributed by atoms with Gasteiger partial charge in [0.25, 0.3) is 0 Å². The summed E-state index contributed by atoms with van der Waals surface area (Å²) in [6.45, 7) is 2.22. The van der Waals surface area contributed by atoms with Crippen molar-refractivity contribution in [3.63, 3.8) is 0 Å². The molecular formula is C13H20ClN3O3S. The molecule has 0 spiro atoms. The molecule has 6 nitrogen and oxygen atoms in total. The number of hydrogen-bond acceptors (Lipinski definition) is 4. The zero-order valence-electron chi connectivity index (χ0n) is 11.8. The lowest BCUT2D eigenvalue weighted by atomic mass is 10.0. The fourth-order valence-electron chi connectivity index (χ4n) is 1.87. The van der Waals surface area contributed by atoms with Crippen molar-refractivity contribution in [1.82, 2.24) is 14.9 Å². The van der Waals surface area contributed by atoms with Gasteiger partial charge in [-0.3, -0.25) is 4.79 Å². The summed E-state index contributed by atoms with van der Waals surface area (Å²) < 4.78 is 25.5. The highest BCUT2D eigenvalue weighted by molar-refractivity contribution is 7.89. The number of amides is 1. The molecule has 0 saturated carbocycles. The van der Waals surface area contributed by atoms with Gasteiger partial charge in [0.15, 0.2) is 0 Å². The molecule has 1 aliphatic rings. The zero-order valence-corrected chi connectivity index (χ0v) is 13.4. The molecule has 0 aliphatic carbocycles. The second-order valence-electron chi connectivity index (χ2n) is 4.90. The van der Waals surface area contributed by atoms with Crippen LogP contribution in [0.1, 0.15) is 0 Å². The monoisotopic (exact) mass is 333 g/mol. The summed E-state index contributed by atoms with van der Waals surface area (Å²) in [5.41, 5.74) is 0. The number of carbonyl (C=O) groups excluding carboxylic acids is 1. The van der Waals surface area contributed by atoms with Crippen molar-refractivity contribution < 1.29 is 13.2 Å². The number of hydrogen-bond donors (Lipinski definition) is 2. The standard InChI is InChI=1S/C13H19N3O3S.ClH/c1-16(10-13(17)15-9-11-7-14-8-11)20(18,19)12-5-3-2-4-6-12;/h2-6,11,14H,7-10H2,1H3,(H,15,17);1H. The van der Waals surface area contributed by atoms with E-state index in [9.17, 15) is 13.2 Å². The summed E-state index contributed by atoms with van der Waals surface area (Å²) in [6.07, 6.45) is 0. The third-order valence-electron chi connectivity index (χ3n) is 3.27. The van der Waals surface area contributed by atoms with Crippen molar-refractivity contribution in [1.29, 1.82) is 0 Å². The maximum atomic E-state index is 12.2. The molecule has 1 fully saturated rings. The van der Waals surface area contributed by atoms with Crippen molar-refractivity contribution in [3.8, 4) is 0 Å². The van der Waals surface area contributed by atoms with Crippen LogP contribution in [0.3, 0.4) is 0 Å². The molecule has 1 aromatic carbocycles. The van der Waals surface area contributed by atoms with E-state index in [0.717, 1.165) is 17.4 Å². The van der Waals surface area contributed by atoms with Crippen LogP contribution in [-0.4, -0.2) is 51.9 Å². The van der Waals surface area contributed by atoms with Gasteiger partial charge in [0, 0.05) is 32.6 Å². The summed E-state index contributed by atoms with van der Waals surface area (Å²) in [6, 6.07) is 8.10. The van der Waals surface area contributed by atoms with Crippen LogP contribution in [0.2, 0.25) is 0 Å². The Bertz CT molecular complexity index is 561. The highest BCUT2D eigenvalue weighted by Crippen LogP contribution is 2.12. The fraction of sp³-hybridized carbons (Fsp3) is 0.462. The molecule has 21 heavy (non-hydrogen) atoms. The topological polar surface area (TPSA) is 78.5 Å². The first-order valence-corrected chi connectivity index (χ1v) is 7.93. The molecule has 1 aromatic rings. The average molecular weight is 334 g/mol. The number of carbonyl (C=O) groups is 1. The number of halogens is 1. The summed E-state index contributed by atoms with van der Waals surface area (Å²) in [7, 11) is -2.19. The van der Waals surface area contributed by atoms with Crippen molar-refractivity contribution in [2.45, 2.75) is 4.90 Å². The predicted octanol–water partition coefficient (Wildman–Crippen LogP) is 0.0645. The van der Waals surface area contributed by atoms with E-state index >= 15 is 0 Å². The Morgan fingerprint density at radius 2 is 1.95 bits per heavy atom. The van der Waals surface area contributed by atoms with Gasteiger partial charge in [-0.2, -0.15) is 4.31 Å². The van der Waals surface area contributed by atoms with E-state index < -0.39 is 10.0 Å². The molecule has 1 saturated heterocycles. The van der Waals surface area contributed by atoms with Crippen LogP contribution < -0.4 is 10.6 Å². The zero-order chi connectivity index (χ0) is 14.6. The summed E-state index contributed by atoms with van der Waals surface area (Å²) in [5.74, 6) is 0.175. The summed E-state index contributed by atoms with van der Waals surface area (Å²) >= 11 is 0. The number of rotatable bonds is 6. The van der Waals surface area contributed by atoms with Crippen LogP contribution in [0, 0.1) is 5.92 Å². The molecule has 0 aromatic heterocycles. The van der Waals surface area contributed by atoms with E-state index in [4.69, 9.17) is 0 Å². The maximum Gasteiger partial charge on any atom is 0.243 e. The van der Waals surface area contributed by atoms with Crippen LogP contribution in [0.25, 0.3) is 0 Å². The molecule has 0 radical (unpaired) electrons. The van der Waals surface area contributed by atoms with Crippen LogP contribution in [0.5, 0.6) is 0 Å². The van der Waals surface area contributed by atoms with Gasteiger partial charge in [0.1, 0.15) is 0 Å². The number of sulfonamides is 1. The maximum absolute atomic E-state index is 12.2. The first-order chi connectivity index (χ1) is 9.50. The van der Waals surface area contributed by atoms with Crippen LogP contribution >= 0.6 is 12.4 Å². The van der Waals surface area contributed by atoms with Gasteiger partial charge in [-0.15, -0.1) is 12.4 Å². The van der Waals surface area contributed by atoms with Gasteiger partial charge in [-0.25, -0.2) is 8.42 Å². The Morgan fingerprint density at radius 1 is 1.33 bits per heavy atom. The molecule has 8 heteroatoms. The molecule has 1 amide bonds. The SMILES string of the molecule is CN(CC(=O)NCC1CNC1)S(=O)(=O)c1ccccc1.Cl. The van der Waals surface area contributed by atoms with Crippen molar-refractivity contribution in [2.24, 2.45) is 5.92 Å². The number of nitrogens with zero attached hydrogens (tertiary/aromatic N) is 1. The minimum absolute atomic E-state index is 0. The third-order valence-corrected chi connectivity index (χ3v) is 5.09. The van der Waals surface area contributed by atoms with E-state index in [1.807, 2.05) is 0 Å². The van der Waals surface area contributed by atoms with Crippen LogP contribution in [0.15, 0.2) is 35.2 Å². The lowest BCUT2D eigenvalue weighted by Gasteiger charge is -2.27. The smallest absolute Gasteiger partial charge is 0.243 e. The molecule has 2 N–H and O–H groups in total. The Balaban J connectivity index is 0.00000220. The van der Waals surface area contributed by atoms with Crippen molar-refractivity contribution >= 4 is 28.3 Å². The van der Waals surface area contributed by atoms with Gasteiger partial charge >= 0.3 is 0 Å². The highest BCUT2D eigenvalue weighted by atomic mass is 35.5. The van der Waals surface area contributed by atoms with Gasteiger partial charge in [-0.05, 0) is 12.1 Å².